The van der Waals surface area contributed by atoms with E-state index < -0.39 is 16.0 Å². The maximum Gasteiger partial charge on any atom is 0.339 e. The molecule has 0 radical (unpaired) electrons. The van der Waals surface area contributed by atoms with Crippen molar-refractivity contribution in [2.24, 2.45) is 5.14 Å². The number of methoxy groups -OCH3 is 1. The molecule has 3 aromatic rings. The molecule has 30 heavy (non-hydrogen) atoms. The zero-order chi connectivity index (χ0) is 21.9. The van der Waals surface area contributed by atoms with Gasteiger partial charge in [-0.1, -0.05) is 13.3 Å². The molecule has 2 N–H and O–H groups in total. The van der Waals surface area contributed by atoms with E-state index in [0.717, 1.165) is 18.4 Å². The van der Waals surface area contributed by atoms with Crippen LogP contribution in [0.15, 0.2) is 45.8 Å². The maximum atomic E-state index is 12.6. The molecule has 0 amide bonds. The van der Waals surface area contributed by atoms with E-state index in [2.05, 4.69) is 27.8 Å². The minimum Gasteiger partial charge on any atom is -0.497 e. The Kier molecular flexibility index (Phi) is 6.79. The van der Waals surface area contributed by atoms with Crippen LogP contribution < -0.4 is 9.88 Å². The lowest BCUT2D eigenvalue weighted by Gasteiger charge is -2.10. The van der Waals surface area contributed by atoms with Gasteiger partial charge in [-0.05, 0) is 58.7 Å². The minimum atomic E-state index is -3.84. The largest absolute Gasteiger partial charge is 0.497 e. The van der Waals surface area contributed by atoms with Gasteiger partial charge < -0.3 is 14.0 Å². The molecule has 0 saturated heterocycles. The van der Waals surface area contributed by atoms with Gasteiger partial charge in [0.1, 0.15) is 18.2 Å². The highest BCUT2D eigenvalue weighted by Crippen LogP contribution is 2.25. The van der Waals surface area contributed by atoms with Crippen LogP contribution in [-0.2, 0) is 27.9 Å². The van der Waals surface area contributed by atoms with Crippen molar-refractivity contribution in [3.05, 3.63) is 52.3 Å². The fourth-order valence-electron chi connectivity index (χ4n) is 3.01. The van der Waals surface area contributed by atoms with Crippen LogP contribution in [0.4, 0.5) is 0 Å². The summed E-state index contributed by atoms with van der Waals surface area (Å²) < 4.78 is 36.5. The van der Waals surface area contributed by atoms with Crippen LogP contribution in [0.2, 0.25) is 0 Å². The number of benzene rings is 2. The highest BCUT2D eigenvalue weighted by Gasteiger charge is 2.18. The average Bonchev–Trinajstić information content (AvgIpc) is 3.06. The lowest BCUT2D eigenvalue weighted by Crippen LogP contribution is -2.12. The van der Waals surface area contributed by atoms with Crippen molar-refractivity contribution >= 4 is 43.0 Å². The van der Waals surface area contributed by atoms with Gasteiger partial charge in [-0.3, -0.25) is 0 Å². The molecule has 0 unspecified atom stereocenters. The highest BCUT2D eigenvalue weighted by molar-refractivity contribution is 9.10. The number of carbonyl (C=O) groups excluding carboxylic acids is 1. The zero-order valence-corrected chi connectivity index (χ0v) is 19.0. The molecule has 1 heterocycles. The van der Waals surface area contributed by atoms with Gasteiger partial charge in [-0.2, -0.15) is 0 Å². The van der Waals surface area contributed by atoms with Crippen molar-refractivity contribution in [1.29, 1.82) is 0 Å². The van der Waals surface area contributed by atoms with Gasteiger partial charge in [-0.15, -0.1) is 0 Å². The van der Waals surface area contributed by atoms with E-state index in [-0.39, 0.29) is 11.5 Å². The summed E-state index contributed by atoms with van der Waals surface area (Å²) in [5.74, 6) is 0.536. The van der Waals surface area contributed by atoms with Crippen LogP contribution in [0.1, 0.15) is 35.9 Å². The molecular weight excluding hydrogens is 474 g/mol. The third-order valence-electron chi connectivity index (χ3n) is 4.59. The van der Waals surface area contributed by atoms with Gasteiger partial charge in [0.15, 0.2) is 0 Å². The number of halogens is 1. The highest BCUT2D eigenvalue weighted by atomic mass is 79.9. The molecule has 0 bridgehead atoms. The Bertz CT molecular complexity index is 1190. The van der Waals surface area contributed by atoms with Crippen LogP contribution in [0, 0.1) is 0 Å². The minimum absolute atomic E-state index is 0.0148. The lowest BCUT2D eigenvalue weighted by atomic mass is 10.2. The number of hydrogen-bond acceptors (Lipinski definition) is 6. The fourth-order valence-corrected chi connectivity index (χ4v) is 3.95. The van der Waals surface area contributed by atoms with E-state index in [9.17, 15) is 13.2 Å². The number of aromatic nitrogens is 2. The summed E-state index contributed by atoms with van der Waals surface area (Å²) in [4.78, 5) is 17.1. The van der Waals surface area contributed by atoms with Gasteiger partial charge in [0.05, 0.1) is 28.6 Å². The van der Waals surface area contributed by atoms with Crippen molar-refractivity contribution in [1.82, 2.24) is 9.55 Å². The van der Waals surface area contributed by atoms with E-state index in [1.165, 1.54) is 19.2 Å². The maximum absolute atomic E-state index is 12.6. The molecular formula is C20H22BrN3O5S. The third-order valence-corrected chi connectivity index (χ3v) is 6.19. The molecule has 3 rings (SSSR count). The molecule has 0 aliphatic heterocycles. The normalized spacial score (nSPS) is 11.6. The number of sulfonamides is 1. The first-order valence-corrected chi connectivity index (χ1v) is 11.6. The van der Waals surface area contributed by atoms with Crippen LogP contribution in [-0.4, -0.2) is 31.0 Å². The van der Waals surface area contributed by atoms with Gasteiger partial charge in [-0.25, -0.2) is 23.3 Å². The molecule has 0 atom stereocenters. The molecule has 0 saturated carbocycles. The summed E-state index contributed by atoms with van der Waals surface area (Å²) >= 11 is 3.34. The van der Waals surface area contributed by atoms with E-state index in [1.807, 2.05) is 4.57 Å². The summed E-state index contributed by atoms with van der Waals surface area (Å²) in [6.07, 6.45) is 1.86. The Morgan fingerprint density at radius 3 is 2.67 bits per heavy atom. The van der Waals surface area contributed by atoms with Crippen LogP contribution in [0.5, 0.6) is 5.75 Å². The lowest BCUT2D eigenvalue weighted by molar-refractivity contribution is 0.0457. The number of unbranched alkanes of at least 4 members (excludes halogenated alkanes) is 1. The summed E-state index contributed by atoms with van der Waals surface area (Å²) in [5.41, 5.74) is 1.57. The Morgan fingerprint density at radius 2 is 2.00 bits per heavy atom. The zero-order valence-electron chi connectivity index (χ0n) is 16.6. The van der Waals surface area contributed by atoms with Gasteiger partial charge >= 0.3 is 5.97 Å². The molecule has 0 aliphatic rings. The van der Waals surface area contributed by atoms with E-state index in [0.29, 0.717) is 33.7 Å². The number of ether oxygens (including phenoxy) is 2. The summed E-state index contributed by atoms with van der Waals surface area (Å²) in [7, 11) is -2.32. The second-order valence-electron chi connectivity index (χ2n) is 6.65. The van der Waals surface area contributed by atoms with Crippen molar-refractivity contribution < 1.29 is 22.7 Å². The Balaban J connectivity index is 1.91. The van der Waals surface area contributed by atoms with Gasteiger partial charge in [0.2, 0.25) is 10.0 Å². The van der Waals surface area contributed by atoms with Crippen LogP contribution in [0.3, 0.4) is 0 Å². The van der Waals surface area contributed by atoms with Crippen molar-refractivity contribution in [2.75, 3.05) is 7.11 Å². The van der Waals surface area contributed by atoms with Crippen molar-refractivity contribution in [2.45, 2.75) is 37.8 Å². The molecule has 0 aliphatic carbocycles. The second kappa shape index (κ2) is 9.15. The standard InChI is InChI=1S/C20H22BrN3O5S/c1-3-4-9-24-18-8-6-14(30(22,26)27)11-17(18)23-19(24)12-29-20(25)15-10-13(28-2)5-7-16(15)21/h5-8,10-11H,3-4,9,12H2,1-2H3,(H2,22,26,27). The molecule has 2 aromatic carbocycles. The van der Waals surface area contributed by atoms with Crippen molar-refractivity contribution in [3.8, 4) is 5.75 Å². The molecule has 0 spiro atoms. The number of fused-ring (bicyclic) bond motifs is 1. The Morgan fingerprint density at radius 1 is 1.23 bits per heavy atom. The molecule has 8 nitrogen and oxygen atoms in total. The smallest absolute Gasteiger partial charge is 0.339 e. The summed E-state index contributed by atoms with van der Waals surface area (Å²) in [5, 5.41) is 5.23. The topological polar surface area (TPSA) is 114 Å². The monoisotopic (exact) mass is 495 g/mol. The number of aryl methyl sites for hydroxylation is 1. The number of hydrogen-bond donors (Lipinski definition) is 1. The summed E-state index contributed by atoms with van der Waals surface area (Å²) in [6.45, 7) is 2.67. The SMILES string of the molecule is CCCCn1c(COC(=O)c2cc(OC)ccc2Br)nc2cc(S(N)(=O)=O)ccc21. The summed E-state index contributed by atoms with van der Waals surface area (Å²) in [6, 6.07) is 9.57. The van der Waals surface area contributed by atoms with Crippen LogP contribution >= 0.6 is 15.9 Å². The number of carbonyl (C=O) groups is 1. The van der Waals surface area contributed by atoms with Crippen molar-refractivity contribution in [3.63, 3.8) is 0 Å². The fraction of sp³-hybridized carbons (Fsp3) is 0.300. The first-order valence-electron chi connectivity index (χ1n) is 9.27. The number of nitrogens with zero attached hydrogens (tertiary/aromatic N) is 2. The van der Waals surface area contributed by atoms with E-state index in [1.54, 1.807) is 24.3 Å². The predicted molar refractivity (Wildman–Crippen MR) is 116 cm³/mol. The number of imidazole rings is 1. The molecule has 0 fully saturated rings. The second-order valence-corrected chi connectivity index (χ2v) is 9.07. The average molecular weight is 496 g/mol. The quantitative estimate of drug-likeness (QED) is 0.477. The van der Waals surface area contributed by atoms with E-state index >= 15 is 0 Å². The number of esters is 1. The first kappa shape index (κ1) is 22.3. The van der Waals surface area contributed by atoms with E-state index in [4.69, 9.17) is 14.6 Å². The number of nitrogens with two attached hydrogens (primary N) is 1. The molecule has 1 aromatic heterocycles. The molecule has 10 heteroatoms. The van der Waals surface area contributed by atoms with Gasteiger partial charge in [0, 0.05) is 11.0 Å². The van der Waals surface area contributed by atoms with Crippen LogP contribution in [0.25, 0.3) is 11.0 Å². The molecule has 160 valence electrons. The predicted octanol–water partition coefficient (Wildman–Crippen LogP) is 3.61. The third kappa shape index (κ3) is 4.82. The number of rotatable bonds is 8. The Hall–Kier alpha value is -2.43. The van der Waals surface area contributed by atoms with Gasteiger partial charge in [0.25, 0.3) is 0 Å². The first-order chi connectivity index (χ1) is 14.2. The number of primary sulfonamides is 1. The Labute approximate surface area is 183 Å².